The fourth-order valence-corrected chi connectivity index (χ4v) is 2.62. The molecule has 1 aromatic carbocycles. The van der Waals surface area contributed by atoms with E-state index in [1.807, 2.05) is 11.9 Å². The van der Waals surface area contributed by atoms with Crippen LogP contribution in [-0.2, 0) is 0 Å². The highest BCUT2D eigenvalue weighted by Crippen LogP contribution is 2.27. The molecule has 0 saturated carbocycles. The maximum absolute atomic E-state index is 12.6. The molecule has 1 atom stereocenters. The second-order valence-electron chi connectivity index (χ2n) is 5.03. The Kier molecular flexibility index (Phi) is 4.84. The molecule has 1 amide bonds. The molecule has 1 aliphatic rings. The van der Waals surface area contributed by atoms with E-state index in [0.29, 0.717) is 23.0 Å². The molecule has 1 N–H and O–H groups in total. The number of hydrogen-bond acceptors (Lipinski definition) is 4. The van der Waals surface area contributed by atoms with Crippen molar-refractivity contribution in [1.29, 1.82) is 0 Å². The van der Waals surface area contributed by atoms with Gasteiger partial charge < -0.3 is 19.7 Å². The Morgan fingerprint density at radius 2 is 2.20 bits per heavy atom. The lowest BCUT2D eigenvalue weighted by Gasteiger charge is -2.18. The predicted molar refractivity (Wildman–Crippen MR) is 77.5 cm³/mol. The second kappa shape index (κ2) is 6.61. The van der Waals surface area contributed by atoms with E-state index in [4.69, 9.17) is 9.47 Å². The van der Waals surface area contributed by atoms with Crippen molar-refractivity contribution in [3.8, 4) is 11.5 Å². The Bertz CT molecular complexity index is 476. The normalized spacial score (nSPS) is 18.1. The van der Waals surface area contributed by atoms with Crippen molar-refractivity contribution in [2.24, 2.45) is 5.92 Å². The molecule has 0 aliphatic carbocycles. The number of carbonyl (C=O) groups excluding carboxylic acids is 1. The molecule has 0 aromatic heterocycles. The first-order valence-electron chi connectivity index (χ1n) is 6.85. The molecule has 1 heterocycles. The Morgan fingerprint density at radius 1 is 1.40 bits per heavy atom. The molecular weight excluding hydrogens is 256 g/mol. The van der Waals surface area contributed by atoms with Crippen molar-refractivity contribution in [1.82, 2.24) is 10.2 Å². The number of ether oxygens (including phenoxy) is 2. The van der Waals surface area contributed by atoms with Crippen LogP contribution in [0.5, 0.6) is 11.5 Å². The first-order chi connectivity index (χ1) is 9.69. The van der Waals surface area contributed by atoms with Crippen molar-refractivity contribution in [3.05, 3.63) is 23.8 Å². The molecule has 110 valence electrons. The van der Waals surface area contributed by atoms with Crippen LogP contribution in [0.25, 0.3) is 0 Å². The molecule has 1 aliphatic heterocycles. The quantitative estimate of drug-likeness (QED) is 0.884. The fourth-order valence-electron chi connectivity index (χ4n) is 2.62. The summed E-state index contributed by atoms with van der Waals surface area (Å²) in [6.07, 6.45) is 1.05. The van der Waals surface area contributed by atoms with Crippen LogP contribution in [0.4, 0.5) is 0 Å². The maximum atomic E-state index is 12.6. The lowest BCUT2D eigenvalue weighted by atomic mass is 10.1. The smallest absolute Gasteiger partial charge is 0.257 e. The van der Waals surface area contributed by atoms with Gasteiger partial charge in [-0.1, -0.05) is 0 Å². The third kappa shape index (κ3) is 3.04. The largest absolute Gasteiger partial charge is 0.497 e. The van der Waals surface area contributed by atoms with Crippen LogP contribution in [0.1, 0.15) is 16.8 Å². The molecule has 1 aromatic rings. The summed E-state index contributed by atoms with van der Waals surface area (Å²) >= 11 is 0. The first kappa shape index (κ1) is 14.7. The minimum absolute atomic E-state index is 0.0307. The molecule has 1 fully saturated rings. The van der Waals surface area contributed by atoms with Crippen LogP contribution in [-0.4, -0.2) is 51.7 Å². The number of hydrogen-bond donors (Lipinski definition) is 1. The SMILES string of the molecule is CNC[C@@H]1CCN(C(=O)c2ccc(OC)cc2OC)C1. The van der Waals surface area contributed by atoms with Crippen LogP contribution in [0.15, 0.2) is 18.2 Å². The van der Waals surface area contributed by atoms with Crippen molar-refractivity contribution >= 4 is 5.91 Å². The first-order valence-corrected chi connectivity index (χ1v) is 6.85. The van der Waals surface area contributed by atoms with Gasteiger partial charge in [-0.05, 0) is 38.1 Å². The van der Waals surface area contributed by atoms with Crippen LogP contribution in [0.3, 0.4) is 0 Å². The van der Waals surface area contributed by atoms with E-state index in [-0.39, 0.29) is 5.91 Å². The minimum atomic E-state index is 0.0307. The lowest BCUT2D eigenvalue weighted by molar-refractivity contribution is 0.0784. The zero-order chi connectivity index (χ0) is 14.5. The molecule has 0 bridgehead atoms. The molecule has 0 spiro atoms. The van der Waals surface area contributed by atoms with Crippen LogP contribution in [0, 0.1) is 5.92 Å². The van der Waals surface area contributed by atoms with E-state index >= 15 is 0 Å². The monoisotopic (exact) mass is 278 g/mol. The van der Waals surface area contributed by atoms with Crippen molar-refractivity contribution in [2.45, 2.75) is 6.42 Å². The average molecular weight is 278 g/mol. The zero-order valence-electron chi connectivity index (χ0n) is 12.3. The molecule has 5 nitrogen and oxygen atoms in total. The van der Waals surface area contributed by atoms with E-state index in [1.54, 1.807) is 32.4 Å². The van der Waals surface area contributed by atoms with Gasteiger partial charge in [0, 0.05) is 19.2 Å². The van der Waals surface area contributed by atoms with Gasteiger partial charge >= 0.3 is 0 Å². The number of benzene rings is 1. The number of amides is 1. The topological polar surface area (TPSA) is 50.8 Å². The minimum Gasteiger partial charge on any atom is -0.497 e. The van der Waals surface area contributed by atoms with Crippen molar-refractivity contribution in [2.75, 3.05) is 40.9 Å². The molecule has 2 rings (SSSR count). The van der Waals surface area contributed by atoms with Gasteiger partial charge in [-0.2, -0.15) is 0 Å². The maximum Gasteiger partial charge on any atom is 0.257 e. The highest BCUT2D eigenvalue weighted by molar-refractivity contribution is 5.97. The Morgan fingerprint density at radius 3 is 2.85 bits per heavy atom. The van der Waals surface area contributed by atoms with E-state index in [1.165, 1.54) is 0 Å². The van der Waals surface area contributed by atoms with Gasteiger partial charge in [0.15, 0.2) is 0 Å². The van der Waals surface area contributed by atoms with Gasteiger partial charge in [0.05, 0.1) is 19.8 Å². The third-order valence-corrected chi connectivity index (χ3v) is 3.70. The summed E-state index contributed by atoms with van der Waals surface area (Å²) in [6.45, 7) is 2.55. The zero-order valence-corrected chi connectivity index (χ0v) is 12.3. The average Bonchev–Trinajstić information content (AvgIpc) is 2.94. The van der Waals surface area contributed by atoms with Gasteiger partial charge in [-0.3, -0.25) is 4.79 Å². The summed E-state index contributed by atoms with van der Waals surface area (Å²) in [5, 5.41) is 3.17. The number of nitrogens with one attached hydrogen (secondary N) is 1. The third-order valence-electron chi connectivity index (χ3n) is 3.70. The second-order valence-corrected chi connectivity index (χ2v) is 5.03. The predicted octanol–water partition coefficient (Wildman–Crippen LogP) is 1.39. The number of carbonyl (C=O) groups is 1. The standard InChI is InChI=1S/C15H22N2O3/c1-16-9-11-6-7-17(10-11)15(18)13-5-4-12(19-2)8-14(13)20-3/h4-5,8,11,16H,6-7,9-10H2,1-3H3/t11-/m0/s1. The van der Waals surface area contributed by atoms with Crippen molar-refractivity contribution < 1.29 is 14.3 Å². The lowest BCUT2D eigenvalue weighted by Crippen LogP contribution is -2.30. The van der Waals surface area contributed by atoms with E-state index < -0.39 is 0 Å². The van der Waals surface area contributed by atoms with Gasteiger partial charge in [0.25, 0.3) is 5.91 Å². The van der Waals surface area contributed by atoms with Crippen LogP contribution < -0.4 is 14.8 Å². The van der Waals surface area contributed by atoms with Gasteiger partial charge in [0.2, 0.25) is 0 Å². The molecule has 20 heavy (non-hydrogen) atoms. The molecule has 1 saturated heterocycles. The van der Waals surface area contributed by atoms with E-state index in [2.05, 4.69) is 5.32 Å². The molecule has 0 unspecified atom stereocenters. The highest BCUT2D eigenvalue weighted by atomic mass is 16.5. The van der Waals surface area contributed by atoms with Gasteiger partial charge in [-0.15, -0.1) is 0 Å². The number of methoxy groups -OCH3 is 2. The number of nitrogens with zero attached hydrogens (tertiary/aromatic N) is 1. The summed E-state index contributed by atoms with van der Waals surface area (Å²) in [5.41, 5.74) is 0.596. The number of rotatable bonds is 5. The van der Waals surface area contributed by atoms with E-state index in [9.17, 15) is 4.79 Å². The number of likely N-dealkylation sites (tertiary alicyclic amines) is 1. The van der Waals surface area contributed by atoms with Gasteiger partial charge in [-0.25, -0.2) is 0 Å². The van der Waals surface area contributed by atoms with E-state index in [0.717, 1.165) is 26.1 Å². The molecular formula is C15H22N2O3. The summed E-state index contributed by atoms with van der Waals surface area (Å²) in [7, 11) is 5.11. The Hall–Kier alpha value is -1.75. The summed E-state index contributed by atoms with van der Waals surface area (Å²) in [6, 6.07) is 5.30. The van der Waals surface area contributed by atoms with Crippen LogP contribution >= 0.6 is 0 Å². The van der Waals surface area contributed by atoms with Crippen molar-refractivity contribution in [3.63, 3.8) is 0 Å². The Balaban J connectivity index is 2.13. The summed E-state index contributed by atoms with van der Waals surface area (Å²) < 4.78 is 10.5. The summed E-state index contributed by atoms with van der Waals surface area (Å²) in [5.74, 6) is 1.82. The Labute approximate surface area is 119 Å². The van der Waals surface area contributed by atoms with Crippen LogP contribution in [0.2, 0.25) is 0 Å². The fraction of sp³-hybridized carbons (Fsp3) is 0.533. The molecule has 0 radical (unpaired) electrons. The summed E-state index contributed by atoms with van der Waals surface area (Å²) in [4.78, 5) is 14.5. The highest BCUT2D eigenvalue weighted by Gasteiger charge is 2.28. The van der Waals surface area contributed by atoms with Gasteiger partial charge in [0.1, 0.15) is 11.5 Å². The molecule has 5 heteroatoms.